The fraction of sp³-hybridized carbons (Fsp3) is 0.312. The van der Waals surface area contributed by atoms with Crippen molar-refractivity contribution in [1.29, 1.82) is 0 Å². The first kappa shape index (κ1) is 14.2. The average molecular weight is 271 g/mol. The molecule has 0 aliphatic heterocycles. The third-order valence-electron chi connectivity index (χ3n) is 3.11. The first-order valence-electron chi connectivity index (χ1n) is 6.86. The van der Waals surface area contributed by atoms with Gasteiger partial charge in [0.1, 0.15) is 5.75 Å². The molecule has 0 saturated carbocycles. The molecule has 0 bridgehead atoms. The molecule has 2 rings (SSSR count). The molecule has 1 aromatic heterocycles. The lowest BCUT2D eigenvalue weighted by Gasteiger charge is -2.12. The summed E-state index contributed by atoms with van der Waals surface area (Å²) < 4.78 is 5.63. The van der Waals surface area contributed by atoms with Gasteiger partial charge in [-0.1, -0.05) is 6.92 Å². The summed E-state index contributed by atoms with van der Waals surface area (Å²) in [5.74, 6) is 0.736. The maximum absolute atomic E-state index is 5.90. The van der Waals surface area contributed by atoms with E-state index < -0.39 is 0 Å². The van der Waals surface area contributed by atoms with Gasteiger partial charge in [-0.25, -0.2) is 0 Å². The predicted molar refractivity (Wildman–Crippen MR) is 82.9 cm³/mol. The van der Waals surface area contributed by atoms with Crippen molar-refractivity contribution in [3.63, 3.8) is 0 Å². The van der Waals surface area contributed by atoms with Crippen LogP contribution in [-0.4, -0.2) is 11.6 Å². The number of benzene rings is 1. The van der Waals surface area contributed by atoms with E-state index in [9.17, 15) is 0 Å². The zero-order chi connectivity index (χ0) is 14.4. The molecule has 106 valence electrons. The van der Waals surface area contributed by atoms with E-state index in [4.69, 9.17) is 10.5 Å². The van der Waals surface area contributed by atoms with Crippen molar-refractivity contribution in [2.45, 2.75) is 26.8 Å². The summed E-state index contributed by atoms with van der Waals surface area (Å²) in [7, 11) is 0. The maximum atomic E-state index is 5.90. The fourth-order valence-electron chi connectivity index (χ4n) is 1.86. The number of nitrogen functional groups attached to an aromatic ring is 1. The van der Waals surface area contributed by atoms with Crippen molar-refractivity contribution >= 4 is 11.4 Å². The number of nitrogens with one attached hydrogen (secondary N) is 1. The van der Waals surface area contributed by atoms with Crippen molar-refractivity contribution in [2.24, 2.45) is 0 Å². The minimum atomic E-state index is 0.668. The first-order valence-corrected chi connectivity index (χ1v) is 6.86. The zero-order valence-electron chi connectivity index (χ0n) is 12.0. The fourth-order valence-corrected chi connectivity index (χ4v) is 1.86. The van der Waals surface area contributed by atoms with Crippen LogP contribution in [0.5, 0.6) is 5.75 Å². The highest BCUT2D eigenvalue weighted by Crippen LogP contribution is 2.26. The van der Waals surface area contributed by atoms with Gasteiger partial charge in [-0.15, -0.1) is 0 Å². The van der Waals surface area contributed by atoms with Gasteiger partial charge in [0.05, 0.1) is 12.3 Å². The van der Waals surface area contributed by atoms with E-state index in [1.54, 1.807) is 6.20 Å². The molecule has 0 aliphatic carbocycles. The molecule has 0 fully saturated rings. The van der Waals surface area contributed by atoms with Crippen LogP contribution in [0, 0.1) is 6.92 Å². The zero-order valence-corrected chi connectivity index (χ0v) is 12.0. The Morgan fingerprint density at radius 2 is 2.15 bits per heavy atom. The predicted octanol–water partition coefficient (Wildman–Crippen LogP) is 3.37. The monoisotopic (exact) mass is 271 g/mol. The molecule has 0 aliphatic rings. The summed E-state index contributed by atoms with van der Waals surface area (Å²) in [5.41, 5.74) is 9.97. The summed E-state index contributed by atoms with van der Waals surface area (Å²) in [6.07, 6.45) is 4.65. The molecule has 3 N–H and O–H groups in total. The van der Waals surface area contributed by atoms with Crippen LogP contribution in [0.2, 0.25) is 0 Å². The number of nitrogens with zero attached hydrogens (tertiary/aromatic N) is 1. The van der Waals surface area contributed by atoms with Gasteiger partial charge in [-0.05, 0) is 42.7 Å². The molecule has 0 unspecified atom stereocenters. The Bertz CT molecular complexity index is 569. The highest BCUT2D eigenvalue weighted by Gasteiger charge is 2.03. The minimum absolute atomic E-state index is 0.668. The Balaban J connectivity index is 2.04. The molecule has 0 amide bonds. The number of rotatable bonds is 6. The van der Waals surface area contributed by atoms with Crippen molar-refractivity contribution in [1.82, 2.24) is 4.98 Å². The number of hydrogen-bond donors (Lipinski definition) is 2. The Kier molecular flexibility index (Phi) is 4.82. The van der Waals surface area contributed by atoms with E-state index >= 15 is 0 Å². The number of ether oxygens (including phenoxy) is 1. The van der Waals surface area contributed by atoms with Crippen LogP contribution >= 0.6 is 0 Å². The molecule has 0 atom stereocenters. The quantitative estimate of drug-likeness (QED) is 0.791. The highest BCUT2D eigenvalue weighted by atomic mass is 16.5. The number of nitrogens with two attached hydrogens (primary N) is 1. The van der Waals surface area contributed by atoms with E-state index in [0.717, 1.165) is 24.4 Å². The number of hydrogen-bond acceptors (Lipinski definition) is 4. The van der Waals surface area contributed by atoms with Crippen LogP contribution in [0.1, 0.15) is 24.5 Å². The largest absolute Gasteiger partial charge is 0.491 e. The second-order valence-corrected chi connectivity index (χ2v) is 4.76. The molecule has 0 radical (unpaired) electrons. The normalized spacial score (nSPS) is 10.3. The summed E-state index contributed by atoms with van der Waals surface area (Å²) >= 11 is 0. The van der Waals surface area contributed by atoms with Gasteiger partial charge < -0.3 is 15.8 Å². The molecule has 0 spiro atoms. The van der Waals surface area contributed by atoms with Crippen molar-refractivity contribution in [3.8, 4) is 5.75 Å². The Labute approximate surface area is 120 Å². The first-order chi connectivity index (χ1) is 9.70. The van der Waals surface area contributed by atoms with Crippen molar-refractivity contribution in [3.05, 3.63) is 47.8 Å². The van der Waals surface area contributed by atoms with Crippen LogP contribution in [-0.2, 0) is 6.54 Å². The third-order valence-corrected chi connectivity index (χ3v) is 3.11. The standard InChI is InChI=1S/C16H21N3O/c1-3-8-20-16-9-14(4-5-15(16)17)19-11-13-10-18-7-6-12(13)2/h4-7,9-10,19H,3,8,11,17H2,1-2H3. The van der Waals surface area contributed by atoms with Gasteiger partial charge in [0.25, 0.3) is 0 Å². The SMILES string of the molecule is CCCOc1cc(NCc2cnccc2C)ccc1N. The van der Waals surface area contributed by atoms with Gasteiger partial charge in [-0.2, -0.15) is 0 Å². The second kappa shape index (κ2) is 6.80. The van der Waals surface area contributed by atoms with Crippen molar-refractivity contribution in [2.75, 3.05) is 17.7 Å². The van der Waals surface area contributed by atoms with E-state index in [-0.39, 0.29) is 0 Å². The molecule has 0 saturated heterocycles. The summed E-state index contributed by atoms with van der Waals surface area (Å²) in [6.45, 7) is 5.56. The van der Waals surface area contributed by atoms with Crippen LogP contribution in [0.4, 0.5) is 11.4 Å². The minimum Gasteiger partial charge on any atom is -0.491 e. The average Bonchev–Trinajstić information content (AvgIpc) is 2.46. The van der Waals surface area contributed by atoms with Crippen molar-refractivity contribution < 1.29 is 4.74 Å². The van der Waals surface area contributed by atoms with E-state index in [0.29, 0.717) is 12.3 Å². The lowest BCUT2D eigenvalue weighted by molar-refractivity contribution is 0.319. The molecular formula is C16H21N3O. The maximum Gasteiger partial charge on any atom is 0.144 e. The molecule has 4 heteroatoms. The lowest BCUT2D eigenvalue weighted by Crippen LogP contribution is -2.04. The van der Waals surface area contributed by atoms with Gasteiger partial charge in [0.15, 0.2) is 0 Å². The molecule has 2 aromatic rings. The van der Waals surface area contributed by atoms with E-state index in [2.05, 4.69) is 24.1 Å². The van der Waals surface area contributed by atoms with Gasteiger partial charge in [0.2, 0.25) is 0 Å². The highest BCUT2D eigenvalue weighted by molar-refractivity contribution is 5.61. The third kappa shape index (κ3) is 3.63. The van der Waals surface area contributed by atoms with Crippen LogP contribution in [0.25, 0.3) is 0 Å². The topological polar surface area (TPSA) is 60.2 Å². The number of anilines is 2. The Morgan fingerprint density at radius 1 is 1.30 bits per heavy atom. The number of aromatic nitrogens is 1. The number of pyridine rings is 1. The summed E-state index contributed by atoms with van der Waals surface area (Å²) in [5, 5.41) is 3.37. The Morgan fingerprint density at radius 3 is 2.90 bits per heavy atom. The summed E-state index contributed by atoms with van der Waals surface area (Å²) in [6, 6.07) is 7.77. The summed E-state index contributed by atoms with van der Waals surface area (Å²) in [4.78, 5) is 4.15. The lowest BCUT2D eigenvalue weighted by atomic mass is 10.1. The van der Waals surface area contributed by atoms with Crippen LogP contribution < -0.4 is 15.8 Å². The van der Waals surface area contributed by atoms with Gasteiger partial charge in [-0.3, -0.25) is 4.98 Å². The molecule has 20 heavy (non-hydrogen) atoms. The number of aryl methyl sites for hydroxylation is 1. The smallest absolute Gasteiger partial charge is 0.144 e. The molecular weight excluding hydrogens is 250 g/mol. The second-order valence-electron chi connectivity index (χ2n) is 4.76. The van der Waals surface area contributed by atoms with Crippen LogP contribution in [0.15, 0.2) is 36.7 Å². The van der Waals surface area contributed by atoms with E-state index in [1.165, 1.54) is 11.1 Å². The van der Waals surface area contributed by atoms with Gasteiger partial charge in [0, 0.05) is 30.7 Å². The Hall–Kier alpha value is -2.23. The molecule has 1 aromatic carbocycles. The van der Waals surface area contributed by atoms with E-state index in [1.807, 2.05) is 30.5 Å². The van der Waals surface area contributed by atoms with Gasteiger partial charge >= 0.3 is 0 Å². The molecule has 1 heterocycles. The van der Waals surface area contributed by atoms with Crippen LogP contribution in [0.3, 0.4) is 0 Å². The molecule has 4 nitrogen and oxygen atoms in total.